The number of pyridine rings is 2. The van der Waals surface area contributed by atoms with E-state index in [2.05, 4.69) is 26.3 Å². The third-order valence-corrected chi connectivity index (χ3v) is 7.43. The molecule has 0 saturated heterocycles. The average molecular weight is 559 g/mol. The van der Waals surface area contributed by atoms with Gasteiger partial charge in [-0.25, -0.2) is 9.97 Å². The van der Waals surface area contributed by atoms with E-state index in [1.54, 1.807) is 4.57 Å². The molecule has 200 valence electrons. The number of aromatic nitrogens is 4. The number of nitrogens with zero attached hydrogens (tertiary/aromatic N) is 4. The van der Waals surface area contributed by atoms with E-state index in [9.17, 15) is 14.9 Å². The summed E-state index contributed by atoms with van der Waals surface area (Å²) in [6.45, 7) is 1.87. The van der Waals surface area contributed by atoms with Crippen molar-refractivity contribution < 1.29 is 0 Å². The molecule has 0 aliphatic carbocycles. The number of anilines is 1. The first-order chi connectivity index (χ1) is 20.0. The monoisotopic (exact) mass is 558 g/mol. The van der Waals surface area contributed by atoms with Crippen LogP contribution in [0.2, 0.25) is 5.02 Å². The van der Waals surface area contributed by atoms with Gasteiger partial charge < -0.3 is 10.3 Å². The Morgan fingerprint density at radius 2 is 1.80 bits per heavy atom. The van der Waals surface area contributed by atoms with E-state index in [-0.39, 0.29) is 17.4 Å². The van der Waals surface area contributed by atoms with E-state index in [1.807, 2.05) is 79.7 Å². The van der Waals surface area contributed by atoms with Crippen molar-refractivity contribution in [2.75, 3.05) is 5.32 Å². The molecule has 1 unspecified atom stereocenters. The van der Waals surface area contributed by atoms with Gasteiger partial charge in [-0.1, -0.05) is 72.3 Å². The van der Waals surface area contributed by atoms with Crippen LogP contribution in [0, 0.1) is 11.3 Å². The first-order valence-corrected chi connectivity index (χ1v) is 13.3. The highest BCUT2D eigenvalue weighted by molar-refractivity contribution is 6.36. The van der Waals surface area contributed by atoms with Crippen LogP contribution in [0.25, 0.3) is 38.6 Å². The summed E-state index contributed by atoms with van der Waals surface area (Å²) >= 11 is 7.18. The summed E-state index contributed by atoms with van der Waals surface area (Å²) in [5.41, 5.74) is 3.48. The molecule has 0 aliphatic rings. The molecule has 0 fully saturated rings. The lowest BCUT2D eigenvalue weighted by Gasteiger charge is -2.24. The zero-order valence-corrected chi connectivity index (χ0v) is 22.7. The van der Waals surface area contributed by atoms with E-state index in [1.165, 1.54) is 18.6 Å². The molecule has 8 nitrogen and oxygen atoms in total. The average Bonchev–Trinajstić information content (AvgIpc) is 2.99. The fourth-order valence-corrected chi connectivity index (χ4v) is 5.62. The van der Waals surface area contributed by atoms with Gasteiger partial charge in [0, 0.05) is 23.3 Å². The normalized spacial score (nSPS) is 11.8. The quantitative estimate of drug-likeness (QED) is 0.252. The van der Waals surface area contributed by atoms with Crippen molar-refractivity contribution in [3.63, 3.8) is 0 Å². The molecule has 1 atom stereocenters. The Balaban J connectivity index is 1.61. The predicted octanol–water partition coefficient (Wildman–Crippen LogP) is 6.18. The number of nitriles is 1. The van der Waals surface area contributed by atoms with Crippen LogP contribution in [-0.2, 0) is 6.42 Å². The molecule has 6 rings (SSSR count). The van der Waals surface area contributed by atoms with Gasteiger partial charge in [-0.2, -0.15) is 5.26 Å². The number of para-hydroxylation sites is 1. The van der Waals surface area contributed by atoms with Crippen molar-refractivity contribution in [3.05, 3.63) is 128 Å². The summed E-state index contributed by atoms with van der Waals surface area (Å²) in [6, 6.07) is 25.6. The summed E-state index contributed by atoms with van der Waals surface area (Å²) in [5, 5.41) is 14.3. The maximum absolute atomic E-state index is 14.5. The molecule has 0 radical (unpaired) electrons. The minimum atomic E-state index is -0.542. The maximum atomic E-state index is 14.5. The number of H-pyrrole nitrogens is 1. The van der Waals surface area contributed by atoms with Crippen molar-refractivity contribution in [2.24, 2.45) is 0 Å². The number of rotatable bonds is 6. The Kier molecular flexibility index (Phi) is 6.79. The molecule has 9 heteroatoms. The second-order valence-corrected chi connectivity index (χ2v) is 9.97. The zero-order valence-electron chi connectivity index (χ0n) is 21.9. The third-order valence-electron chi connectivity index (χ3n) is 7.03. The van der Waals surface area contributed by atoms with Gasteiger partial charge in [0.25, 0.3) is 5.56 Å². The lowest BCUT2D eigenvalue weighted by Crippen LogP contribution is -2.27. The lowest BCUT2D eigenvalue weighted by atomic mass is 9.96. The van der Waals surface area contributed by atoms with Gasteiger partial charge in [0.2, 0.25) is 0 Å². The summed E-state index contributed by atoms with van der Waals surface area (Å²) < 4.78 is 1.61. The molecule has 0 saturated carbocycles. The standard InChI is InChI=1S/C32H23ClN6O2/c1-19(38-31-27-25(40)14-16-35-30(27)36-18-37-31)29-28(33)24-12-6-11-23(21-8-5-7-20(17-21)13-15-34)26(24)32(41)39(29)22-9-3-2-4-10-22/h2-12,14,16-19H,13H2,1H3,(H2,35,36,37,38,40). The molecule has 6 aromatic rings. The Labute approximate surface area is 239 Å². The predicted molar refractivity (Wildman–Crippen MR) is 162 cm³/mol. The van der Waals surface area contributed by atoms with Gasteiger partial charge in [-0.15, -0.1) is 0 Å². The third kappa shape index (κ3) is 4.62. The van der Waals surface area contributed by atoms with Crippen molar-refractivity contribution in [3.8, 4) is 22.9 Å². The van der Waals surface area contributed by atoms with Gasteiger partial charge in [-0.3, -0.25) is 14.2 Å². The molecule has 3 aromatic heterocycles. The Morgan fingerprint density at radius 3 is 2.61 bits per heavy atom. The second kappa shape index (κ2) is 10.7. The van der Waals surface area contributed by atoms with E-state index in [0.717, 1.165) is 16.7 Å². The largest absolute Gasteiger partial charge is 0.361 e. The SMILES string of the molecule is CC(Nc1ncnc2[nH]ccc(=O)c12)c1c(Cl)c2cccc(-c3cccc(CC#N)c3)c2c(=O)n1-c1ccccc1. The Hall–Kier alpha value is -5.26. The fraction of sp³-hybridized carbons (Fsp3) is 0.0938. The molecular weight excluding hydrogens is 536 g/mol. The molecule has 0 bridgehead atoms. The number of fused-ring (bicyclic) bond motifs is 2. The van der Waals surface area contributed by atoms with Crippen LogP contribution in [-0.4, -0.2) is 19.5 Å². The molecule has 41 heavy (non-hydrogen) atoms. The molecule has 0 aliphatic heterocycles. The van der Waals surface area contributed by atoms with Gasteiger partial charge in [0.05, 0.1) is 34.6 Å². The first-order valence-electron chi connectivity index (χ1n) is 13.0. The van der Waals surface area contributed by atoms with E-state index >= 15 is 0 Å². The topological polar surface area (TPSA) is 116 Å². The summed E-state index contributed by atoms with van der Waals surface area (Å²) in [4.78, 5) is 38.6. The fourth-order valence-electron chi connectivity index (χ4n) is 5.21. The highest BCUT2D eigenvalue weighted by atomic mass is 35.5. The Morgan fingerprint density at radius 1 is 1.00 bits per heavy atom. The minimum absolute atomic E-state index is 0.234. The van der Waals surface area contributed by atoms with Crippen LogP contribution >= 0.6 is 11.6 Å². The van der Waals surface area contributed by atoms with Gasteiger partial charge >= 0.3 is 0 Å². The van der Waals surface area contributed by atoms with Crippen molar-refractivity contribution in [1.82, 2.24) is 19.5 Å². The smallest absolute Gasteiger partial charge is 0.263 e. The van der Waals surface area contributed by atoms with Crippen LogP contribution in [0.4, 0.5) is 5.82 Å². The molecular formula is C32H23ClN6O2. The van der Waals surface area contributed by atoms with Gasteiger partial charge in [-0.05, 0) is 35.7 Å². The highest BCUT2D eigenvalue weighted by Crippen LogP contribution is 2.36. The molecule has 0 amide bonds. The number of halogens is 1. The summed E-state index contributed by atoms with van der Waals surface area (Å²) in [5.74, 6) is 0.329. The van der Waals surface area contributed by atoms with E-state index in [0.29, 0.717) is 44.0 Å². The van der Waals surface area contributed by atoms with E-state index in [4.69, 9.17) is 11.6 Å². The minimum Gasteiger partial charge on any atom is -0.361 e. The van der Waals surface area contributed by atoms with Crippen molar-refractivity contribution in [2.45, 2.75) is 19.4 Å². The van der Waals surface area contributed by atoms with Crippen LogP contribution < -0.4 is 16.3 Å². The second-order valence-electron chi connectivity index (χ2n) is 9.59. The van der Waals surface area contributed by atoms with Crippen LogP contribution in [0.1, 0.15) is 24.2 Å². The zero-order chi connectivity index (χ0) is 28.5. The molecule has 3 heterocycles. The number of aromatic amines is 1. The number of hydrogen-bond donors (Lipinski definition) is 2. The van der Waals surface area contributed by atoms with Gasteiger partial charge in [0.15, 0.2) is 5.43 Å². The first kappa shape index (κ1) is 26.0. The van der Waals surface area contributed by atoms with Gasteiger partial charge in [0.1, 0.15) is 23.2 Å². The highest BCUT2D eigenvalue weighted by Gasteiger charge is 2.24. The van der Waals surface area contributed by atoms with Crippen LogP contribution in [0.5, 0.6) is 0 Å². The lowest BCUT2D eigenvalue weighted by molar-refractivity contribution is 0.774. The summed E-state index contributed by atoms with van der Waals surface area (Å²) in [7, 11) is 0. The Bertz CT molecular complexity index is 2090. The van der Waals surface area contributed by atoms with Crippen LogP contribution in [0.3, 0.4) is 0 Å². The maximum Gasteiger partial charge on any atom is 0.263 e. The van der Waals surface area contributed by atoms with Crippen LogP contribution in [0.15, 0.2) is 101 Å². The number of hydrogen-bond acceptors (Lipinski definition) is 6. The van der Waals surface area contributed by atoms with E-state index < -0.39 is 6.04 Å². The number of benzene rings is 3. The molecule has 2 N–H and O–H groups in total. The van der Waals surface area contributed by atoms with Crippen molar-refractivity contribution in [1.29, 1.82) is 5.26 Å². The van der Waals surface area contributed by atoms with Crippen molar-refractivity contribution >= 4 is 39.2 Å². The number of nitrogens with one attached hydrogen (secondary N) is 2. The molecule has 3 aromatic carbocycles. The molecule has 0 spiro atoms. The summed E-state index contributed by atoms with van der Waals surface area (Å²) in [6.07, 6.45) is 3.17.